The lowest BCUT2D eigenvalue weighted by Gasteiger charge is -2.39. The average molecular weight is 807 g/mol. The molecule has 13 heteroatoms. The van der Waals surface area contributed by atoms with E-state index in [2.05, 4.69) is 83.9 Å². The zero-order valence-corrected chi connectivity index (χ0v) is 34.5. The maximum atomic E-state index is 13.2. The molecule has 2 saturated heterocycles. The van der Waals surface area contributed by atoms with Crippen molar-refractivity contribution in [1.29, 1.82) is 0 Å². The lowest BCUT2D eigenvalue weighted by atomic mass is 9.88. The van der Waals surface area contributed by atoms with Crippen LogP contribution in [0.2, 0.25) is 51.4 Å². The van der Waals surface area contributed by atoms with E-state index in [1.165, 1.54) is 0 Å². The Labute approximate surface area is 302 Å². The van der Waals surface area contributed by atoms with Gasteiger partial charge in [-0.1, -0.05) is 45.3 Å². The number of pyridine rings is 1. The summed E-state index contributed by atoms with van der Waals surface area (Å²) >= 11 is 2.23. The Balaban J connectivity index is 1.50. The van der Waals surface area contributed by atoms with Gasteiger partial charge in [-0.15, -0.1) is 0 Å². The normalized spacial score (nSPS) is 20.0. The third-order valence-corrected chi connectivity index (χ3v) is 13.1. The highest BCUT2D eigenvalue weighted by Gasteiger charge is 2.45. The van der Waals surface area contributed by atoms with E-state index in [1.54, 1.807) is 0 Å². The molecule has 10 nitrogen and oxygen atoms in total. The molecule has 0 N–H and O–H groups in total. The molecular weight excluding hydrogens is 751 g/mol. The number of nitrogens with zero attached hydrogens (tertiary/aromatic N) is 6. The second kappa shape index (κ2) is 15.0. The summed E-state index contributed by atoms with van der Waals surface area (Å²) in [6, 6.07) is 8.75. The van der Waals surface area contributed by atoms with Crippen molar-refractivity contribution >= 4 is 56.3 Å². The van der Waals surface area contributed by atoms with Crippen LogP contribution in [0.25, 0.3) is 16.8 Å². The summed E-state index contributed by atoms with van der Waals surface area (Å²) in [5.74, 6) is 1.10. The third-order valence-electron chi connectivity index (χ3n) is 9.08. The summed E-state index contributed by atoms with van der Waals surface area (Å²) in [7, 11) is -2.50. The second-order valence-corrected chi connectivity index (χ2v) is 29.2. The van der Waals surface area contributed by atoms with Gasteiger partial charge in [0.15, 0.2) is 5.65 Å². The van der Waals surface area contributed by atoms with Gasteiger partial charge >= 0.3 is 6.09 Å². The zero-order chi connectivity index (χ0) is 34.9. The largest absolute Gasteiger partial charge is 0.444 e. The first kappa shape index (κ1) is 37.2. The first-order valence-corrected chi connectivity index (χ1v) is 25.9. The van der Waals surface area contributed by atoms with E-state index < -0.39 is 21.7 Å². The van der Waals surface area contributed by atoms with Crippen LogP contribution >= 0.6 is 22.6 Å². The molecule has 2 fully saturated rings. The molecule has 264 valence electrons. The minimum absolute atomic E-state index is 0.140. The summed E-state index contributed by atoms with van der Waals surface area (Å²) in [5, 5.41) is 4.89. The van der Waals surface area contributed by atoms with E-state index in [4.69, 9.17) is 24.3 Å². The topological polar surface area (TPSA) is 94.3 Å². The van der Waals surface area contributed by atoms with Crippen molar-refractivity contribution < 1.29 is 19.0 Å². The molecule has 3 atom stereocenters. The Morgan fingerprint density at radius 2 is 1.56 bits per heavy atom. The maximum absolute atomic E-state index is 13.2. The number of piperidine rings is 1. The van der Waals surface area contributed by atoms with Crippen molar-refractivity contribution in [2.24, 2.45) is 0 Å². The first-order chi connectivity index (χ1) is 22.5. The summed E-state index contributed by atoms with van der Waals surface area (Å²) in [4.78, 5) is 27.3. The smallest absolute Gasteiger partial charge is 0.410 e. The van der Waals surface area contributed by atoms with E-state index in [9.17, 15) is 4.79 Å². The van der Waals surface area contributed by atoms with Gasteiger partial charge in [0, 0.05) is 76.4 Å². The molecule has 2 bridgehead atoms. The van der Waals surface area contributed by atoms with Gasteiger partial charge in [-0.2, -0.15) is 9.61 Å². The Hall–Kier alpha value is -2.08. The highest BCUT2D eigenvalue weighted by atomic mass is 127. The molecule has 3 aromatic heterocycles. The number of halogens is 1. The van der Waals surface area contributed by atoms with Gasteiger partial charge in [-0.05, 0) is 87.2 Å². The van der Waals surface area contributed by atoms with Crippen LogP contribution in [0.4, 0.5) is 10.6 Å². The average Bonchev–Trinajstić information content (AvgIpc) is 3.52. The van der Waals surface area contributed by atoms with Crippen molar-refractivity contribution in [2.45, 2.75) is 121 Å². The number of rotatable bonds is 13. The van der Waals surface area contributed by atoms with Crippen molar-refractivity contribution in [3.8, 4) is 11.1 Å². The molecule has 48 heavy (non-hydrogen) atoms. The predicted molar refractivity (Wildman–Crippen MR) is 206 cm³/mol. The minimum atomic E-state index is -1.25. The summed E-state index contributed by atoms with van der Waals surface area (Å²) in [6.07, 6.45) is 7.28. The molecule has 0 saturated carbocycles. The molecule has 0 aromatic carbocycles. The van der Waals surface area contributed by atoms with Crippen LogP contribution in [-0.4, -0.2) is 91.1 Å². The number of amides is 1. The molecule has 0 radical (unpaired) electrons. The number of aromatic nitrogens is 4. The van der Waals surface area contributed by atoms with Crippen LogP contribution in [0, 0.1) is 3.70 Å². The number of carbonyl (C=O) groups is 1. The van der Waals surface area contributed by atoms with Crippen LogP contribution in [0.1, 0.15) is 58.1 Å². The van der Waals surface area contributed by atoms with Crippen LogP contribution < -0.4 is 4.90 Å². The van der Waals surface area contributed by atoms with Gasteiger partial charge in [0.25, 0.3) is 0 Å². The molecule has 1 amide bonds. The van der Waals surface area contributed by atoms with Gasteiger partial charge < -0.3 is 24.0 Å². The van der Waals surface area contributed by atoms with E-state index in [1.807, 2.05) is 48.6 Å². The summed E-state index contributed by atoms with van der Waals surface area (Å²) in [6.45, 7) is 22.3. The van der Waals surface area contributed by atoms with Gasteiger partial charge in [0.2, 0.25) is 0 Å². The maximum Gasteiger partial charge on any atom is 0.410 e. The van der Waals surface area contributed by atoms with Crippen molar-refractivity contribution in [3.63, 3.8) is 0 Å². The van der Waals surface area contributed by atoms with Crippen molar-refractivity contribution in [3.05, 3.63) is 40.0 Å². The highest BCUT2D eigenvalue weighted by molar-refractivity contribution is 14.1. The third kappa shape index (κ3) is 9.79. The van der Waals surface area contributed by atoms with E-state index >= 15 is 0 Å². The molecule has 2 aliphatic heterocycles. The lowest BCUT2D eigenvalue weighted by molar-refractivity contribution is 0.00569. The SMILES string of the molecule is CC(C)(C)OC(=O)N1[C@@H]2CC[C@H]1CC(c1cc(N(COCC[Si](C)(C)C)COCC[Si](C)(C)C)n3ncc(-c4ccc(I)nc4)c3n1)C2. The number of fused-ring (bicyclic) bond motifs is 3. The fraction of sp³-hybridized carbons (Fsp3) is 0.657. The standard InChI is InChI=1S/C35H55IN6O4Si2/c1-35(2,3)46-34(43)41-27-11-12-28(41)19-26(18-27)30-20-32(42-33(39-30)29(22-38-42)25-10-13-31(36)37-21-25)40(23-44-14-16-47(4,5)6)24-45-15-17-48(7,8)9/h10,13,20-22,26-28H,11-12,14-19,23-24H2,1-9H3/t26?,27-,28+. The van der Waals surface area contributed by atoms with Crippen molar-refractivity contribution in [2.75, 3.05) is 31.6 Å². The Morgan fingerprint density at radius 3 is 2.08 bits per heavy atom. The monoisotopic (exact) mass is 806 g/mol. The molecule has 2 aliphatic rings. The molecule has 5 rings (SSSR count). The quantitative estimate of drug-likeness (QED) is 0.0559. The van der Waals surface area contributed by atoms with Crippen LogP contribution in [0.15, 0.2) is 30.6 Å². The van der Waals surface area contributed by atoms with Gasteiger partial charge in [-0.3, -0.25) is 0 Å². The molecule has 5 heterocycles. The molecule has 0 spiro atoms. The Morgan fingerprint density at radius 1 is 0.958 bits per heavy atom. The first-order valence-electron chi connectivity index (χ1n) is 17.4. The number of carbonyl (C=O) groups excluding carboxylic acids is 1. The Kier molecular flexibility index (Phi) is 11.6. The minimum Gasteiger partial charge on any atom is -0.444 e. The van der Waals surface area contributed by atoms with Crippen LogP contribution in [0.3, 0.4) is 0 Å². The molecule has 3 aromatic rings. The summed E-state index contributed by atoms with van der Waals surface area (Å²) < 4.78 is 21.4. The molecular formula is C35H55IN6O4Si2. The Bertz CT molecular complexity index is 1510. The highest BCUT2D eigenvalue weighted by Crippen LogP contribution is 2.44. The van der Waals surface area contributed by atoms with E-state index in [-0.39, 0.29) is 24.1 Å². The van der Waals surface area contributed by atoms with Crippen molar-refractivity contribution in [1.82, 2.24) is 24.5 Å². The van der Waals surface area contributed by atoms with Crippen LogP contribution in [-0.2, 0) is 14.2 Å². The number of anilines is 1. The van der Waals surface area contributed by atoms with Gasteiger partial charge in [-0.25, -0.2) is 14.8 Å². The van der Waals surface area contributed by atoms with E-state index in [0.717, 1.165) is 69.8 Å². The van der Waals surface area contributed by atoms with Gasteiger partial charge in [0.05, 0.1) is 6.20 Å². The second-order valence-electron chi connectivity index (χ2n) is 16.9. The predicted octanol–water partition coefficient (Wildman–Crippen LogP) is 8.47. The van der Waals surface area contributed by atoms with Gasteiger partial charge in [0.1, 0.15) is 28.6 Å². The summed E-state index contributed by atoms with van der Waals surface area (Å²) in [5.41, 5.74) is 3.21. The fourth-order valence-electron chi connectivity index (χ4n) is 6.45. The molecule has 1 unspecified atom stereocenters. The number of hydrogen-bond acceptors (Lipinski definition) is 8. The number of ether oxygens (including phenoxy) is 3. The molecule has 0 aliphatic carbocycles. The van der Waals surface area contributed by atoms with Crippen LogP contribution in [0.5, 0.6) is 0 Å². The zero-order valence-electron chi connectivity index (χ0n) is 30.4. The number of hydrogen-bond donors (Lipinski definition) is 0. The lowest BCUT2D eigenvalue weighted by Crippen LogP contribution is -2.48. The van der Waals surface area contributed by atoms with E-state index in [0.29, 0.717) is 26.7 Å². The fourth-order valence-corrected chi connectivity index (χ4v) is 8.28.